The first-order valence-corrected chi connectivity index (χ1v) is 7.66. The average Bonchev–Trinajstić information content (AvgIpc) is 2.60. The lowest BCUT2D eigenvalue weighted by atomic mass is 10.2. The van der Waals surface area contributed by atoms with Crippen molar-refractivity contribution in [2.24, 2.45) is 0 Å². The van der Waals surface area contributed by atoms with Crippen LogP contribution in [0.3, 0.4) is 0 Å². The van der Waals surface area contributed by atoms with Crippen molar-refractivity contribution in [3.05, 3.63) is 54.4 Å². The van der Waals surface area contributed by atoms with Gasteiger partial charge in [0.25, 0.3) is 0 Å². The van der Waals surface area contributed by atoms with Crippen LogP contribution in [0.15, 0.2) is 48.7 Å². The van der Waals surface area contributed by atoms with Crippen LogP contribution in [-0.4, -0.2) is 24.6 Å². The van der Waals surface area contributed by atoms with E-state index in [-0.39, 0.29) is 11.9 Å². The monoisotopic (exact) mass is 314 g/mol. The van der Waals surface area contributed by atoms with Crippen molar-refractivity contribution in [3.8, 4) is 11.5 Å². The SMILES string of the molecule is COc1ccc(OCCCC(=O)NC(C)c2ccccn2)cc1. The number of benzene rings is 1. The number of hydrogen-bond donors (Lipinski definition) is 1. The number of hydrogen-bond acceptors (Lipinski definition) is 4. The van der Waals surface area contributed by atoms with E-state index in [0.29, 0.717) is 19.4 Å². The topological polar surface area (TPSA) is 60.5 Å². The molecule has 5 nitrogen and oxygen atoms in total. The highest BCUT2D eigenvalue weighted by molar-refractivity contribution is 5.76. The van der Waals surface area contributed by atoms with Gasteiger partial charge in [0.15, 0.2) is 0 Å². The second kappa shape index (κ2) is 8.78. The number of methoxy groups -OCH3 is 1. The molecule has 122 valence electrons. The van der Waals surface area contributed by atoms with Gasteiger partial charge in [-0.15, -0.1) is 0 Å². The summed E-state index contributed by atoms with van der Waals surface area (Å²) in [5, 5.41) is 2.94. The van der Waals surface area contributed by atoms with Crippen molar-refractivity contribution in [1.29, 1.82) is 0 Å². The van der Waals surface area contributed by atoms with Gasteiger partial charge in [0.2, 0.25) is 5.91 Å². The van der Waals surface area contributed by atoms with E-state index in [1.165, 1.54) is 0 Å². The molecule has 1 N–H and O–H groups in total. The fraction of sp³-hybridized carbons (Fsp3) is 0.333. The molecule has 0 aliphatic heterocycles. The van der Waals surface area contributed by atoms with Crippen LogP contribution in [-0.2, 0) is 4.79 Å². The van der Waals surface area contributed by atoms with Crippen LogP contribution in [0.4, 0.5) is 0 Å². The smallest absolute Gasteiger partial charge is 0.220 e. The average molecular weight is 314 g/mol. The summed E-state index contributed by atoms with van der Waals surface area (Å²) >= 11 is 0. The van der Waals surface area contributed by atoms with Gasteiger partial charge in [-0.25, -0.2) is 0 Å². The molecule has 1 unspecified atom stereocenters. The fourth-order valence-electron chi connectivity index (χ4n) is 2.11. The van der Waals surface area contributed by atoms with Crippen molar-refractivity contribution < 1.29 is 14.3 Å². The molecule has 0 fully saturated rings. The Morgan fingerprint density at radius 2 is 1.91 bits per heavy atom. The lowest BCUT2D eigenvalue weighted by Gasteiger charge is -2.13. The van der Waals surface area contributed by atoms with Crippen molar-refractivity contribution in [1.82, 2.24) is 10.3 Å². The maximum atomic E-state index is 11.9. The first-order chi connectivity index (χ1) is 11.2. The quantitative estimate of drug-likeness (QED) is 0.761. The van der Waals surface area contributed by atoms with Crippen LogP contribution >= 0.6 is 0 Å². The van der Waals surface area contributed by atoms with E-state index in [4.69, 9.17) is 9.47 Å². The third-order valence-corrected chi connectivity index (χ3v) is 3.39. The predicted octanol–water partition coefficient (Wildman–Crippen LogP) is 3.13. The summed E-state index contributed by atoms with van der Waals surface area (Å²) in [6.07, 6.45) is 2.81. The number of pyridine rings is 1. The molecule has 1 aromatic carbocycles. The van der Waals surface area contributed by atoms with Gasteiger partial charge >= 0.3 is 0 Å². The van der Waals surface area contributed by atoms with Gasteiger partial charge in [-0.1, -0.05) is 6.07 Å². The minimum absolute atomic E-state index is 0.00137. The number of rotatable bonds is 8. The van der Waals surface area contributed by atoms with Gasteiger partial charge in [0.1, 0.15) is 11.5 Å². The molecule has 0 bridgehead atoms. The number of amides is 1. The molecule has 0 saturated carbocycles. The van der Waals surface area contributed by atoms with Crippen LogP contribution in [0.5, 0.6) is 11.5 Å². The predicted molar refractivity (Wildman–Crippen MR) is 88.5 cm³/mol. The molecular formula is C18H22N2O3. The molecule has 0 radical (unpaired) electrons. The van der Waals surface area contributed by atoms with Crippen LogP contribution in [0.1, 0.15) is 31.5 Å². The van der Waals surface area contributed by atoms with E-state index < -0.39 is 0 Å². The second-order valence-electron chi connectivity index (χ2n) is 5.17. The summed E-state index contributed by atoms with van der Waals surface area (Å²) < 4.78 is 10.7. The van der Waals surface area contributed by atoms with Crippen LogP contribution in [0.2, 0.25) is 0 Å². The molecule has 1 amide bonds. The Morgan fingerprint density at radius 1 is 1.17 bits per heavy atom. The number of aromatic nitrogens is 1. The Balaban J connectivity index is 1.66. The summed E-state index contributed by atoms with van der Waals surface area (Å²) in [5.74, 6) is 1.56. The normalized spacial score (nSPS) is 11.6. The highest BCUT2D eigenvalue weighted by Gasteiger charge is 2.09. The number of carbonyl (C=O) groups is 1. The molecule has 0 aliphatic rings. The van der Waals surface area contributed by atoms with E-state index in [1.807, 2.05) is 49.4 Å². The molecular weight excluding hydrogens is 292 g/mol. The van der Waals surface area contributed by atoms with E-state index in [2.05, 4.69) is 10.3 Å². The summed E-state index contributed by atoms with van der Waals surface area (Å²) in [5.41, 5.74) is 0.857. The summed E-state index contributed by atoms with van der Waals surface area (Å²) in [6, 6.07) is 13.0. The molecule has 5 heteroatoms. The maximum absolute atomic E-state index is 11.9. The summed E-state index contributed by atoms with van der Waals surface area (Å²) in [6.45, 7) is 2.42. The Labute approximate surface area is 136 Å². The number of nitrogens with zero attached hydrogens (tertiary/aromatic N) is 1. The lowest BCUT2D eigenvalue weighted by molar-refractivity contribution is -0.122. The zero-order valence-corrected chi connectivity index (χ0v) is 13.5. The molecule has 2 aromatic rings. The first kappa shape index (κ1) is 16.8. The molecule has 23 heavy (non-hydrogen) atoms. The van der Waals surface area contributed by atoms with E-state index in [9.17, 15) is 4.79 Å². The Hall–Kier alpha value is -2.56. The van der Waals surface area contributed by atoms with E-state index >= 15 is 0 Å². The van der Waals surface area contributed by atoms with E-state index in [1.54, 1.807) is 13.3 Å². The number of nitrogens with one attached hydrogen (secondary N) is 1. The Bertz CT molecular complexity index is 599. The number of carbonyl (C=O) groups excluding carboxylic acids is 1. The summed E-state index contributed by atoms with van der Waals surface area (Å²) in [7, 11) is 1.63. The van der Waals surface area contributed by atoms with Crippen molar-refractivity contribution in [2.75, 3.05) is 13.7 Å². The lowest BCUT2D eigenvalue weighted by Crippen LogP contribution is -2.27. The fourth-order valence-corrected chi connectivity index (χ4v) is 2.11. The molecule has 0 saturated heterocycles. The van der Waals surface area contributed by atoms with Crippen LogP contribution in [0.25, 0.3) is 0 Å². The zero-order chi connectivity index (χ0) is 16.5. The third kappa shape index (κ3) is 5.62. The molecule has 0 aliphatic carbocycles. The third-order valence-electron chi connectivity index (χ3n) is 3.39. The highest BCUT2D eigenvalue weighted by Crippen LogP contribution is 2.17. The van der Waals surface area contributed by atoms with Gasteiger partial charge in [-0.05, 0) is 49.7 Å². The van der Waals surface area contributed by atoms with Crippen molar-refractivity contribution >= 4 is 5.91 Å². The van der Waals surface area contributed by atoms with Gasteiger partial charge < -0.3 is 14.8 Å². The minimum atomic E-state index is -0.0915. The Morgan fingerprint density at radius 3 is 2.57 bits per heavy atom. The van der Waals surface area contributed by atoms with Gasteiger partial charge in [-0.2, -0.15) is 0 Å². The number of ether oxygens (including phenoxy) is 2. The zero-order valence-electron chi connectivity index (χ0n) is 13.5. The highest BCUT2D eigenvalue weighted by atomic mass is 16.5. The molecule has 2 rings (SSSR count). The first-order valence-electron chi connectivity index (χ1n) is 7.66. The minimum Gasteiger partial charge on any atom is -0.497 e. The van der Waals surface area contributed by atoms with Gasteiger partial charge in [0, 0.05) is 12.6 Å². The van der Waals surface area contributed by atoms with Gasteiger partial charge in [0.05, 0.1) is 25.5 Å². The largest absolute Gasteiger partial charge is 0.497 e. The van der Waals surface area contributed by atoms with E-state index in [0.717, 1.165) is 17.2 Å². The molecule has 1 aromatic heterocycles. The second-order valence-corrected chi connectivity index (χ2v) is 5.17. The molecule has 1 atom stereocenters. The van der Waals surface area contributed by atoms with Crippen LogP contribution in [0, 0.1) is 0 Å². The Kier molecular flexibility index (Phi) is 6.41. The van der Waals surface area contributed by atoms with Crippen LogP contribution < -0.4 is 14.8 Å². The van der Waals surface area contributed by atoms with Crippen molar-refractivity contribution in [3.63, 3.8) is 0 Å². The standard InChI is InChI=1S/C18H22N2O3/c1-14(17-6-3-4-12-19-17)20-18(21)7-5-13-23-16-10-8-15(22-2)9-11-16/h3-4,6,8-12,14H,5,7,13H2,1-2H3,(H,20,21). The van der Waals surface area contributed by atoms with Gasteiger partial charge in [-0.3, -0.25) is 9.78 Å². The molecule has 1 heterocycles. The summed E-state index contributed by atoms with van der Waals surface area (Å²) in [4.78, 5) is 16.1. The maximum Gasteiger partial charge on any atom is 0.220 e. The molecule has 0 spiro atoms. The van der Waals surface area contributed by atoms with Crippen molar-refractivity contribution in [2.45, 2.75) is 25.8 Å².